The standard InChI is InChI=1S/C13H15ClN2O3/c1-8-4-5-9(7-10(8)14)15-13(19)16-6-2-3-11(16)12(17)18/h4-5,7,11H,2-3,6H2,1H3,(H,15,19)(H,17,18)/t11-/m0/s1. The van der Waals surface area contributed by atoms with Crippen LogP contribution in [0.3, 0.4) is 0 Å². The number of likely N-dealkylation sites (tertiary alicyclic amines) is 1. The van der Waals surface area contributed by atoms with Gasteiger partial charge in [0.25, 0.3) is 0 Å². The first-order valence-electron chi connectivity index (χ1n) is 6.05. The molecule has 102 valence electrons. The molecule has 0 aliphatic carbocycles. The molecule has 1 saturated heterocycles. The third kappa shape index (κ3) is 2.98. The minimum Gasteiger partial charge on any atom is -0.480 e. The summed E-state index contributed by atoms with van der Waals surface area (Å²) in [7, 11) is 0. The summed E-state index contributed by atoms with van der Waals surface area (Å²) in [6, 6.07) is 4.06. The van der Waals surface area contributed by atoms with Crippen molar-refractivity contribution in [1.29, 1.82) is 0 Å². The third-order valence-electron chi connectivity index (χ3n) is 3.22. The molecule has 1 aromatic carbocycles. The Hall–Kier alpha value is -1.75. The van der Waals surface area contributed by atoms with E-state index in [0.29, 0.717) is 30.1 Å². The monoisotopic (exact) mass is 282 g/mol. The first-order chi connectivity index (χ1) is 8.99. The van der Waals surface area contributed by atoms with Crippen LogP contribution >= 0.6 is 11.6 Å². The first kappa shape index (κ1) is 13.7. The van der Waals surface area contributed by atoms with Crippen LogP contribution in [0, 0.1) is 6.92 Å². The van der Waals surface area contributed by atoms with E-state index in [1.54, 1.807) is 18.2 Å². The fourth-order valence-electron chi connectivity index (χ4n) is 2.13. The van der Waals surface area contributed by atoms with Gasteiger partial charge in [-0.25, -0.2) is 9.59 Å². The number of nitrogens with zero attached hydrogens (tertiary/aromatic N) is 1. The van der Waals surface area contributed by atoms with E-state index in [0.717, 1.165) is 5.56 Å². The number of urea groups is 1. The maximum atomic E-state index is 12.0. The first-order valence-corrected chi connectivity index (χ1v) is 6.43. The number of amides is 2. The Bertz CT molecular complexity index is 519. The zero-order valence-corrected chi connectivity index (χ0v) is 11.3. The summed E-state index contributed by atoms with van der Waals surface area (Å²) in [5, 5.41) is 12.3. The molecule has 0 bridgehead atoms. The predicted octanol–water partition coefficient (Wildman–Crippen LogP) is 2.73. The van der Waals surface area contributed by atoms with Gasteiger partial charge in [0.15, 0.2) is 0 Å². The summed E-state index contributed by atoms with van der Waals surface area (Å²) in [5.41, 5.74) is 1.49. The van der Waals surface area contributed by atoms with Gasteiger partial charge in [-0.3, -0.25) is 0 Å². The van der Waals surface area contributed by atoms with E-state index in [-0.39, 0.29) is 0 Å². The summed E-state index contributed by atoms with van der Waals surface area (Å²) < 4.78 is 0. The Morgan fingerprint density at radius 2 is 2.21 bits per heavy atom. The average Bonchev–Trinajstić information content (AvgIpc) is 2.83. The van der Waals surface area contributed by atoms with Gasteiger partial charge in [-0.05, 0) is 37.5 Å². The number of nitrogens with one attached hydrogen (secondary N) is 1. The van der Waals surface area contributed by atoms with Gasteiger partial charge in [0.1, 0.15) is 6.04 Å². The van der Waals surface area contributed by atoms with Crippen molar-refractivity contribution in [2.24, 2.45) is 0 Å². The fourth-order valence-corrected chi connectivity index (χ4v) is 2.31. The van der Waals surface area contributed by atoms with Crippen molar-refractivity contribution >= 4 is 29.3 Å². The van der Waals surface area contributed by atoms with Crippen molar-refractivity contribution in [1.82, 2.24) is 4.90 Å². The summed E-state index contributed by atoms with van der Waals surface area (Å²) in [6.07, 6.45) is 1.20. The molecule has 1 fully saturated rings. The number of aliphatic carboxylic acids is 1. The SMILES string of the molecule is Cc1ccc(NC(=O)N2CCC[C@H]2C(=O)O)cc1Cl. The van der Waals surface area contributed by atoms with Crippen LogP contribution in [0.2, 0.25) is 5.02 Å². The van der Waals surface area contributed by atoms with Crippen molar-refractivity contribution < 1.29 is 14.7 Å². The summed E-state index contributed by atoms with van der Waals surface area (Å²) in [4.78, 5) is 24.4. The molecular formula is C13H15ClN2O3. The fraction of sp³-hybridized carbons (Fsp3) is 0.385. The smallest absolute Gasteiger partial charge is 0.326 e. The molecule has 2 rings (SSSR count). The second kappa shape index (κ2) is 5.48. The molecule has 1 atom stereocenters. The second-order valence-electron chi connectivity index (χ2n) is 4.58. The summed E-state index contributed by atoms with van der Waals surface area (Å²) in [6.45, 7) is 2.33. The lowest BCUT2D eigenvalue weighted by Crippen LogP contribution is -2.42. The van der Waals surface area contributed by atoms with E-state index in [1.807, 2.05) is 6.92 Å². The van der Waals surface area contributed by atoms with Crippen LogP contribution in [0.5, 0.6) is 0 Å². The highest BCUT2D eigenvalue weighted by molar-refractivity contribution is 6.31. The molecule has 19 heavy (non-hydrogen) atoms. The van der Waals surface area contributed by atoms with Gasteiger partial charge in [-0.2, -0.15) is 0 Å². The average molecular weight is 283 g/mol. The molecule has 0 saturated carbocycles. The molecule has 0 unspecified atom stereocenters. The number of carboxylic acids is 1. The quantitative estimate of drug-likeness (QED) is 0.876. The van der Waals surface area contributed by atoms with Gasteiger partial charge in [0, 0.05) is 17.3 Å². The van der Waals surface area contributed by atoms with E-state index in [4.69, 9.17) is 16.7 Å². The van der Waals surface area contributed by atoms with Crippen LogP contribution in [0.4, 0.5) is 10.5 Å². The van der Waals surface area contributed by atoms with Gasteiger partial charge in [0.05, 0.1) is 0 Å². The third-order valence-corrected chi connectivity index (χ3v) is 3.63. The molecule has 1 aliphatic heterocycles. The normalized spacial score (nSPS) is 18.4. The van der Waals surface area contributed by atoms with Crippen LogP contribution in [0.1, 0.15) is 18.4 Å². The second-order valence-corrected chi connectivity index (χ2v) is 4.99. The lowest BCUT2D eigenvalue weighted by molar-refractivity contribution is -0.141. The number of anilines is 1. The summed E-state index contributed by atoms with van der Waals surface area (Å²) >= 11 is 5.98. The molecule has 0 spiro atoms. The minimum absolute atomic E-state index is 0.398. The Labute approximate surface area is 116 Å². The number of carbonyl (C=O) groups excluding carboxylic acids is 1. The van der Waals surface area contributed by atoms with Crippen LogP contribution in [-0.2, 0) is 4.79 Å². The molecule has 2 amide bonds. The van der Waals surface area contributed by atoms with Crippen LogP contribution in [-0.4, -0.2) is 34.6 Å². The summed E-state index contributed by atoms with van der Waals surface area (Å²) in [5.74, 6) is -0.963. The van der Waals surface area contributed by atoms with Crippen molar-refractivity contribution in [3.63, 3.8) is 0 Å². The van der Waals surface area contributed by atoms with Crippen LogP contribution in [0.15, 0.2) is 18.2 Å². The topological polar surface area (TPSA) is 69.6 Å². The highest BCUT2D eigenvalue weighted by Gasteiger charge is 2.33. The number of carbonyl (C=O) groups is 2. The molecule has 1 heterocycles. The number of hydrogen-bond acceptors (Lipinski definition) is 2. The van der Waals surface area contributed by atoms with Gasteiger partial charge < -0.3 is 15.3 Å². The van der Waals surface area contributed by atoms with Crippen molar-refractivity contribution in [3.05, 3.63) is 28.8 Å². The van der Waals surface area contributed by atoms with Crippen molar-refractivity contribution in [2.45, 2.75) is 25.8 Å². The molecule has 5 nitrogen and oxygen atoms in total. The number of rotatable bonds is 2. The number of benzene rings is 1. The van der Waals surface area contributed by atoms with Gasteiger partial charge >= 0.3 is 12.0 Å². The maximum absolute atomic E-state index is 12.0. The van der Waals surface area contributed by atoms with Gasteiger partial charge in [0.2, 0.25) is 0 Å². The highest BCUT2D eigenvalue weighted by Crippen LogP contribution is 2.22. The molecule has 0 radical (unpaired) electrons. The largest absolute Gasteiger partial charge is 0.480 e. The number of carboxylic acid groups (broad SMARTS) is 1. The predicted molar refractivity (Wildman–Crippen MR) is 72.6 cm³/mol. The molecule has 1 aromatic rings. The molecule has 1 aliphatic rings. The van der Waals surface area contributed by atoms with E-state index >= 15 is 0 Å². The zero-order chi connectivity index (χ0) is 14.0. The highest BCUT2D eigenvalue weighted by atomic mass is 35.5. The van der Waals surface area contributed by atoms with Crippen LogP contribution in [0.25, 0.3) is 0 Å². The number of halogens is 1. The molecule has 0 aromatic heterocycles. The Morgan fingerprint density at radius 1 is 1.47 bits per heavy atom. The molecular weight excluding hydrogens is 268 g/mol. The maximum Gasteiger partial charge on any atom is 0.326 e. The minimum atomic E-state index is -0.963. The van der Waals surface area contributed by atoms with E-state index in [1.165, 1.54) is 4.90 Å². The number of aryl methyl sites for hydroxylation is 1. The lowest BCUT2D eigenvalue weighted by atomic mass is 10.2. The zero-order valence-electron chi connectivity index (χ0n) is 10.5. The Kier molecular flexibility index (Phi) is 3.95. The Morgan fingerprint density at radius 3 is 2.84 bits per heavy atom. The molecule has 6 heteroatoms. The van der Waals surface area contributed by atoms with Gasteiger partial charge in [-0.15, -0.1) is 0 Å². The van der Waals surface area contributed by atoms with E-state index < -0.39 is 18.0 Å². The van der Waals surface area contributed by atoms with E-state index in [2.05, 4.69) is 5.32 Å². The molecule has 2 N–H and O–H groups in total. The van der Waals surface area contributed by atoms with Crippen LogP contribution < -0.4 is 5.32 Å². The Balaban J connectivity index is 2.08. The van der Waals surface area contributed by atoms with Gasteiger partial charge in [-0.1, -0.05) is 17.7 Å². The van der Waals surface area contributed by atoms with Crippen molar-refractivity contribution in [3.8, 4) is 0 Å². The number of hydrogen-bond donors (Lipinski definition) is 2. The van der Waals surface area contributed by atoms with E-state index in [9.17, 15) is 9.59 Å². The van der Waals surface area contributed by atoms with Crippen molar-refractivity contribution in [2.75, 3.05) is 11.9 Å². The lowest BCUT2D eigenvalue weighted by Gasteiger charge is -2.21.